The van der Waals surface area contributed by atoms with E-state index in [1.807, 2.05) is 36.5 Å². The zero-order valence-corrected chi connectivity index (χ0v) is 16.1. The Kier molecular flexibility index (Phi) is 5.79. The van der Waals surface area contributed by atoms with Gasteiger partial charge in [0.15, 0.2) is 0 Å². The fourth-order valence-electron chi connectivity index (χ4n) is 3.65. The minimum atomic E-state index is -0.300. The van der Waals surface area contributed by atoms with Crippen LogP contribution in [0.1, 0.15) is 37.7 Å². The van der Waals surface area contributed by atoms with Crippen LogP contribution >= 0.6 is 0 Å². The summed E-state index contributed by atoms with van der Waals surface area (Å²) in [7, 11) is 0. The number of rotatable bonds is 5. The van der Waals surface area contributed by atoms with Crippen molar-refractivity contribution in [3.05, 3.63) is 72.2 Å². The normalized spacial score (nSPS) is 14.9. The van der Waals surface area contributed by atoms with E-state index in [9.17, 15) is 9.18 Å². The summed E-state index contributed by atoms with van der Waals surface area (Å²) in [5.74, 6) is -0.282. The van der Waals surface area contributed by atoms with Crippen LogP contribution in [0.3, 0.4) is 0 Å². The van der Waals surface area contributed by atoms with E-state index in [-0.39, 0.29) is 17.6 Å². The molecule has 148 valence electrons. The number of hydrogen-bond donors (Lipinski definition) is 1. The van der Waals surface area contributed by atoms with Crippen molar-refractivity contribution in [3.63, 3.8) is 0 Å². The van der Waals surface area contributed by atoms with Gasteiger partial charge in [0.25, 0.3) is 0 Å². The maximum Gasteiger partial charge on any atom is 0.243 e. The molecule has 5 nitrogen and oxygen atoms in total. The van der Waals surface area contributed by atoms with Gasteiger partial charge in [-0.05, 0) is 49.2 Å². The summed E-state index contributed by atoms with van der Waals surface area (Å²) in [6, 6.07) is 15.9. The van der Waals surface area contributed by atoms with Crippen LogP contribution in [0.2, 0.25) is 0 Å². The van der Waals surface area contributed by atoms with Gasteiger partial charge in [-0.3, -0.25) is 4.79 Å². The smallest absolute Gasteiger partial charge is 0.243 e. The molecule has 3 aromatic rings. The Hall–Kier alpha value is -3.28. The van der Waals surface area contributed by atoms with Gasteiger partial charge in [0.05, 0.1) is 11.9 Å². The number of nitrogens with zero attached hydrogens (tertiary/aromatic N) is 3. The minimum absolute atomic E-state index is 0.0280. The number of carbonyl (C=O) groups is 1. The van der Waals surface area contributed by atoms with Crippen molar-refractivity contribution in [3.8, 4) is 16.9 Å². The zero-order valence-electron chi connectivity index (χ0n) is 16.1. The number of benzene rings is 2. The van der Waals surface area contributed by atoms with Crippen molar-refractivity contribution in [1.29, 1.82) is 0 Å². The third kappa shape index (κ3) is 4.59. The van der Waals surface area contributed by atoms with Crippen molar-refractivity contribution in [2.45, 2.75) is 32.1 Å². The quantitative estimate of drug-likeness (QED) is 0.507. The highest BCUT2D eigenvalue weighted by molar-refractivity contribution is 5.89. The van der Waals surface area contributed by atoms with Gasteiger partial charge >= 0.3 is 0 Å². The molecule has 1 aromatic heterocycles. The molecule has 0 spiro atoms. The molecule has 1 heterocycles. The summed E-state index contributed by atoms with van der Waals surface area (Å²) < 4.78 is 15.1. The molecule has 0 unspecified atom stereocenters. The standard InChI is InChI=1S/C23H23FN4O/c24-20-13-11-17(12-14-20)22-19(16-28(27-22)21-9-5-2-6-10-21)15-25-26-23(29)18-7-3-1-4-8-18/h2,5-6,9-16,18H,1,3-4,7-8H2,(H,26,29)/b25-15+. The number of aromatic nitrogens is 2. The fourth-order valence-corrected chi connectivity index (χ4v) is 3.65. The zero-order chi connectivity index (χ0) is 20.1. The third-order valence-corrected chi connectivity index (χ3v) is 5.24. The van der Waals surface area contributed by atoms with E-state index >= 15 is 0 Å². The lowest BCUT2D eigenvalue weighted by molar-refractivity contribution is -0.125. The number of amides is 1. The van der Waals surface area contributed by atoms with E-state index in [1.54, 1.807) is 23.0 Å². The lowest BCUT2D eigenvalue weighted by Crippen LogP contribution is -2.28. The highest BCUT2D eigenvalue weighted by Gasteiger charge is 2.20. The van der Waals surface area contributed by atoms with Gasteiger partial charge in [-0.2, -0.15) is 10.2 Å². The Labute approximate surface area is 169 Å². The van der Waals surface area contributed by atoms with Gasteiger partial charge in [-0.25, -0.2) is 14.5 Å². The second kappa shape index (κ2) is 8.82. The Balaban J connectivity index is 1.59. The molecule has 0 bridgehead atoms. The summed E-state index contributed by atoms with van der Waals surface area (Å²) in [5, 5.41) is 8.83. The molecule has 0 radical (unpaired) electrons. The number of hydrogen-bond acceptors (Lipinski definition) is 3. The highest BCUT2D eigenvalue weighted by atomic mass is 19.1. The van der Waals surface area contributed by atoms with Crippen LogP contribution in [0.15, 0.2) is 65.9 Å². The molecule has 4 rings (SSSR count). The Morgan fingerprint density at radius 3 is 2.52 bits per heavy atom. The largest absolute Gasteiger partial charge is 0.273 e. The maximum atomic E-state index is 13.3. The van der Waals surface area contributed by atoms with Crippen LogP contribution in [-0.2, 0) is 4.79 Å². The number of carbonyl (C=O) groups excluding carboxylic acids is 1. The summed E-state index contributed by atoms with van der Waals surface area (Å²) in [6.07, 6.45) is 8.70. The molecule has 1 N–H and O–H groups in total. The number of para-hydroxylation sites is 1. The first kappa shape index (κ1) is 19.1. The maximum absolute atomic E-state index is 13.3. The lowest BCUT2D eigenvalue weighted by Gasteiger charge is -2.19. The van der Waals surface area contributed by atoms with E-state index in [4.69, 9.17) is 0 Å². The summed E-state index contributed by atoms with van der Waals surface area (Å²) in [4.78, 5) is 12.3. The number of nitrogens with one attached hydrogen (secondary N) is 1. The number of hydrazone groups is 1. The topological polar surface area (TPSA) is 59.3 Å². The molecule has 1 aliphatic rings. The van der Waals surface area contributed by atoms with E-state index in [0.29, 0.717) is 5.69 Å². The van der Waals surface area contributed by atoms with Gasteiger partial charge in [0.1, 0.15) is 11.5 Å². The SMILES string of the molecule is O=C(N/N=C/c1cn(-c2ccccc2)nc1-c1ccc(F)cc1)C1CCCCC1. The number of halogens is 1. The first-order valence-corrected chi connectivity index (χ1v) is 9.94. The minimum Gasteiger partial charge on any atom is -0.273 e. The van der Waals surface area contributed by atoms with Gasteiger partial charge < -0.3 is 0 Å². The predicted molar refractivity (Wildman–Crippen MR) is 111 cm³/mol. The average molecular weight is 390 g/mol. The molecule has 29 heavy (non-hydrogen) atoms. The van der Waals surface area contributed by atoms with E-state index < -0.39 is 0 Å². The van der Waals surface area contributed by atoms with E-state index in [1.165, 1.54) is 18.6 Å². The van der Waals surface area contributed by atoms with Crippen molar-refractivity contribution in [2.75, 3.05) is 0 Å². The molecule has 1 aliphatic carbocycles. The third-order valence-electron chi connectivity index (χ3n) is 5.24. The predicted octanol–water partition coefficient (Wildman–Crippen LogP) is 4.71. The van der Waals surface area contributed by atoms with Crippen LogP contribution in [0, 0.1) is 11.7 Å². The van der Waals surface area contributed by atoms with Crippen molar-refractivity contribution in [1.82, 2.24) is 15.2 Å². The van der Waals surface area contributed by atoms with Crippen LogP contribution in [0.25, 0.3) is 16.9 Å². The summed E-state index contributed by atoms with van der Waals surface area (Å²) in [5.41, 5.74) is 5.77. The molecule has 1 fully saturated rings. The molecule has 2 aromatic carbocycles. The Morgan fingerprint density at radius 2 is 1.79 bits per heavy atom. The van der Waals surface area contributed by atoms with E-state index in [2.05, 4.69) is 15.6 Å². The van der Waals surface area contributed by atoms with Crippen molar-refractivity contribution < 1.29 is 9.18 Å². The molecular weight excluding hydrogens is 367 g/mol. The van der Waals surface area contributed by atoms with Crippen LogP contribution < -0.4 is 5.43 Å². The molecular formula is C23H23FN4O. The first-order chi connectivity index (χ1) is 14.2. The second-order valence-corrected chi connectivity index (χ2v) is 7.29. The summed E-state index contributed by atoms with van der Waals surface area (Å²) >= 11 is 0. The van der Waals surface area contributed by atoms with E-state index in [0.717, 1.165) is 42.5 Å². The monoisotopic (exact) mass is 390 g/mol. The van der Waals surface area contributed by atoms with Gasteiger partial charge in [0, 0.05) is 23.2 Å². The van der Waals surface area contributed by atoms with Crippen molar-refractivity contribution >= 4 is 12.1 Å². The van der Waals surface area contributed by atoms with Crippen LogP contribution in [-0.4, -0.2) is 21.9 Å². The Morgan fingerprint density at radius 1 is 1.07 bits per heavy atom. The van der Waals surface area contributed by atoms with Crippen LogP contribution in [0.4, 0.5) is 4.39 Å². The van der Waals surface area contributed by atoms with Crippen molar-refractivity contribution in [2.24, 2.45) is 11.0 Å². The molecule has 0 saturated heterocycles. The highest BCUT2D eigenvalue weighted by Crippen LogP contribution is 2.24. The Bertz CT molecular complexity index is 989. The molecule has 0 aliphatic heterocycles. The molecule has 6 heteroatoms. The van der Waals surface area contributed by atoms with Gasteiger partial charge in [0.2, 0.25) is 5.91 Å². The molecule has 0 atom stereocenters. The van der Waals surface area contributed by atoms with Gasteiger partial charge in [-0.15, -0.1) is 0 Å². The molecule has 1 saturated carbocycles. The fraction of sp³-hybridized carbons (Fsp3) is 0.261. The molecule has 1 amide bonds. The second-order valence-electron chi connectivity index (χ2n) is 7.29. The van der Waals surface area contributed by atoms with Crippen LogP contribution in [0.5, 0.6) is 0 Å². The lowest BCUT2D eigenvalue weighted by atomic mass is 9.89. The van der Waals surface area contributed by atoms with Gasteiger partial charge in [-0.1, -0.05) is 37.5 Å². The summed E-state index contributed by atoms with van der Waals surface area (Å²) in [6.45, 7) is 0. The first-order valence-electron chi connectivity index (χ1n) is 9.94. The average Bonchev–Trinajstić information content (AvgIpc) is 3.19.